The van der Waals surface area contributed by atoms with E-state index in [-0.39, 0.29) is 11.3 Å². The highest BCUT2D eigenvalue weighted by atomic mass is 16.5. The van der Waals surface area contributed by atoms with Crippen molar-refractivity contribution in [1.82, 2.24) is 0 Å². The van der Waals surface area contributed by atoms with Gasteiger partial charge in [-0.05, 0) is 42.3 Å². The largest absolute Gasteiger partial charge is 0.496 e. The number of carbonyl (C=O) groups excluding carboxylic acids is 2. The molecule has 32 heavy (non-hydrogen) atoms. The molecule has 6 nitrogen and oxygen atoms in total. The van der Waals surface area contributed by atoms with Gasteiger partial charge in [0.1, 0.15) is 17.2 Å². The van der Waals surface area contributed by atoms with Gasteiger partial charge in [-0.25, -0.2) is 4.90 Å². The van der Waals surface area contributed by atoms with Gasteiger partial charge in [0.25, 0.3) is 11.8 Å². The number of methoxy groups -OCH3 is 2. The second-order valence-electron chi connectivity index (χ2n) is 7.24. The van der Waals surface area contributed by atoms with Gasteiger partial charge in [-0.1, -0.05) is 49.4 Å². The van der Waals surface area contributed by atoms with Gasteiger partial charge in [0.2, 0.25) is 0 Å². The molecule has 0 saturated carbocycles. The minimum atomic E-state index is -0.439. The van der Waals surface area contributed by atoms with Crippen LogP contribution in [0.4, 0.5) is 11.4 Å². The standard InChI is InChI=1S/C26H24N2O4/c1-4-17-13-15-18(16-14-17)28-25(29)23(19-9-5-7-11-21(19)31-2)24(26(28)30)27-20-10-6-8-12-22(20)32-3/h5-16,27H,4H2,1-3H3. The summed E-state index contributed by atoms with van der Waals surface area (Å²) in [5, 5.41) is 3.15. The second kappa shape index (κ2) is 8.98. The van der Waals surface area contributed by atoms with Crippen molar-refractivity contribution in [2.24, 2.45) is 0 Å². The predicted molar refractivity (Wildman–Crippen MR) is 125 cm³/mol. The lowest BCUT2D eigenvalue weighted by molar-refractivity contribution is -0.120. The van der Waals surface area contributed by atoms with Crippen LogP contribution in [0.5, 0.6) is 11.5 Å². The summed E-state index contributed by atoms with van der Waals surface area (Å²) in [5.41, 5.74) is 3.18. The first-order valence-corrected chi connectivity index (χ1v) is 10.3. The normalized spacial score (nSPS) is 13.5. The van der Waals surface area contributed by atoms with Crippen molar-refractivity contribution in [3.8, 4) is 11.5 Å². The van der Waals surface area contributed by atoms with Crippen LogP contribution in [0.3, 0.4) is 0 Å². The van der Waals surface area contributed by atoms with Crippen molar-refractivity contribution in [2.75, 3.05) is 24.4 Å². The molecule has 0 fully saturated rings. The Hall–Kier alpha value is -4.06. The van der Waals surface area contributed by atoms with E-state index < -0.39 is 11.8 Å². The number of para-hydroxylation sites is 3. The topological polar surface area (TPSA) is 67.9 Å². The number of rotatable bonds is 7. The highest BCUT2D eigenvalue weighted by Crippen LogP contribution is 2.38. The van der Waals surface area contributed by atoms with Crippen LogP contribution in [-0.4, -0.2) is 26.0 Å². The Morgan fingerprint density at radius 2 is 1.41 bits per heavy atom. The van der Waals surface area contributed by atoms with E-state index in [0.29, 0.717) is 28.4 Å². The van der Waals surface area contributed by atoms with Gasteiger partial charge in [0, 0.05) is 5.56 Å². The molecule has 3 aromatic carbocycles. The molecule has 0 bridgehead atoms. The van der Waals surface area contributed by atoms with Gasteiger partial charge in [-0.3, -0.25) is 9.59 Å². The lowest BCUT2D eigenvalue weighted by Crippen LogP contribution is -2.32. The van der Waals surface area contributed by atoms with Crippen LogP contribution in [0.15, 0.2) is 78.5 Å². The molecule has 6 heteroatoms. The number of aryl methyl sites for hydroxylation is 1. The lowest BCUT2D eigenvalue weighted by atomic mass is 10.0. The van der Waals surface area contributed by atoms with E-state index in [4.69, 9.17) is 9.47 Å². The van der Waals surface area contributed by atoms with Crippen LogP contribution in [0.25, 0.3) is 5.57 Å². The number of hydrogen-bond donors (Lipinski definition) is 1. The molecule has 0 radical (unpaired) electrons. The third-order valence-corrected chi connectivity index (χ3v) is 5.43. The summed E-state index contributed by atoms with van der Waals surface area (Å²) in [6.07, 6.45) is 0.869. The molecule has 0 unspecified atom stereocenters. The summed E-state index contributed by atoms with van der Waals surface area (Å²) >= 11 is 0. The summed E-state index contributed by atoms with van der Waals surface area (Å²) in [6.45, 7) is 2.05. The Morgan fingerprint density at radius 1 is 0.781 bits per heavy atom. The molecule has 1 N–H and O–H groups in total. The van der Waals surface area contributed by atoms with Crippen molar-refractivity contribution in [3.05, 3.63) is 89.6 Å². The Labute approximate surface area is 187 Å². The predicted octanol–water partition coefficient (Wildman–Crippen LogP) is 4.66. The maximum absolute atomic E-state index is 13.6. The molecule has 0 spiro atoms. The van der Waals surface area contributed by atoms with E-state index in [9.17, 15) is 9.59 Å². The number of imide groups is 1. The minimum absolute atomic E-state index is 0.170. The first-order chi connectivity index (χ1) is 15.6. The van der Waals surface area contributed by atoms with Crippen LogP contribution in [0.2, 0.25) is 0 Å². The summed E-state index contributed by atoms with van der Waals surface area (Å²) < 4.78 is 10.9. The van der Waals surface area contributed by atoms with Crippen molar-refractivity contribution in [3.63, 3.8) is 0 Å². The number of nitrogens with one attached hydrogen (secondary N) is 1. The molecular formula is C26H24N2O4. The zero-order valence-electron chi connectivity index (χ0n) is 18.2. The molecule has 0 aliphatic carbocycles. The Bertz CT molecular complexity index is 1200. The molecule has 1 heterocycles. The van der Waals surface area contributed by atoms with Crippen LogP contribution in [-0.2, 0) is 16.0 Å². The van der Waals surface area contributed by atoms with Crippen LogP contribution < -0.4 is 19.7 Å². The molecule has 3 aromatic rings. The molecular weight excluding hydrogens is 404 g/mol. The summed E-state index contributed by atoms with van der Waals surface area (Å²) in [4.78, 5) is 28.4. The molecule has 4 rings (SSSR count). The number of anilines is 2. The molecule has 1 aliphatic rings. The van der Waals surface area contributed by atoms with E-state index in [2.05, 4.69) is 12.2 Å². The van der Waals surface area contributed by atoms with Crippen LogP contribution in [0.1, 0.15) is 18.1 Å². The third-order valence-electron chi connectivity index (χ3n) is 5.43. The molecule has 1 aliphatic heterocycles. The molecule has 162 valence electrons. The highest BCUT2D eigenvalue weighted by molar-refractivity contribution is 6.46. The summed E-state index contributed by atoms with van der Waals surface area (Å²) in [5.74, 6) is 0.212. The monoisotopic (exact) mass is 428 g/mol. The first kappa shape index (κ1) is 21.2. The highest BCUT2D eigenvalue weighted by Gasteiger charge is 2.41. The number of ether oxygens (including phenoxy) is 2. The molecule has 0 aromatic heterocycles. The van der Waals surface area contributed by atoms with Crippen molar-refractivity contribution in [1.29, 1.82) is 0 Å². The maximum Gasteiger partial charge on any atom is 0.282 e. The van der Waals surface area contributed by atoms with Crippen molar-refractivity contribution >= 4 is 28.8 Å². The van der Waals surface area contributed by atoms with E-state index in [0.717, 1.165) is 12.0 Å². The van der Waals surface area contributed by atoms with Crippen LogP contribution in [0, 0.1) is 0 Å². The van der Waals surface area contributed by atoms with Gasteiger partial charge >= 0.3 is 0 Å². The number of hydrogen-bond acceptors (Lipinski definition) is 5. The van der Waals surface area contributed by atoms with Gasteiger partial charge in [0.05, 0.1) is 31.2 Å². The quantitative estimate of drug-likeness (QED) is 0.554. The summed E-state index contributed by atoms with van der Waals surface area (Å²) in [7, 11) is 3.09. The fourth-order valence-electron chi connectivity index (χ4n) is 3.74. The zero-order valence-corrected chi connectivity index (χ0v) is 18.2. The SMILES string of the molecule is CCc1ccc(N2C(=O)C(Nc3ccccc3OC)=C(c3ccccc3OC)C2=O)cc1. The van der Waals surface area contributed by atoms with E-state index in [1.54, 1.807) is 43.5 Å². The van der Waals surface area contributed by atoms with E-state index in [1.165, 1.54) is 12.0 Å². The zero-order chi connectivity index (χ0) is 22.7. The molecule has 0 saturated heterocycles. The average molecular weight is 428 g/mol. The summed E-state index contributed by atoms with van der Waals surface area (Å²) in [6, 6.07) is 21.8. The van der Waals surface area contributed by atoms with E-state index >= 15 is 0 Å². The van der Waals surface area contributed by atoms with Crippen molar-refractivity contribution < 1.29 is 19.1 Å². The molecule has 0 atom stereocenters. The number of amides is 2. The smallest absolute Gasteiger partial charge is 0.282 e. The number of carbonyl (C=O) groups is 2. The second-order valence-corrected chi connectivity index (χ2v) is 7.24. The van der Waals surface area contributed by atoms with Gasteiger partial charge < -0.3 is 14.8 Å². The van der Waals surface area contributed by atoms with Gasteiger partial charge in [-0.15, -0.1) is 0 Å². The lowest BCUT2D eigenvalue weighted by Gasteiger charge is -2.16. The Morgan fingerprint density at radius 3 is 2.06 bits per heavy atom. The number of benzene rings is 3. The first-order valence-electron chi connectivity index (χ1n) is 10.3. The third kappa shape index (κ3) is 3.71. The van der Waals surface area contributed by atoms with Crippen LogP contribution >= 0.6 is 0 Å². The minimum Gasteiger partial charge on any atom is -0.496 e. The fraction of sp³-hybridized carbons (Fsp3) is 0.154. The Kier molecular flexibility index (Phi) is 5.94. The number of nitrogens with zero attached hydrogens (tertiary/aromatic N) is 1. The average Bonchev–Trinajstić information content (AvgIpc) is 3.08. The van der Waals surface area contributed by atoms with Crippen molar-refractivity contribution in [2.45, 2.75) is 13.3 Å². The molecule has 2 amide bonds. The maximum atomic E-state index is 13.6. The Balaban J connectivity index is 1.85. The van der Waals surface area contributed by atoms with E-state index in [1.807, 2.05) is 36.4 Å². The van der Waals surface area contributed by atoms with Gasteiger partial charge in [-0.2, -0.15) is 0 Å². The van der Waals surface area contributed by atoms with Gasteiger partial charge in [0.15, 0.2) is 0 Å². The fourth-order valence-corrected chi connectivity index (χ4v) is 3.74.